The Kier molecular flexibility index (Phi) is 3.92. The van der Waals surface area contributed by atoms with Gasteiger partial charge in [0.2, 0.25) is 6.79 Å². The molecular formula is C19H18N2O3. The van der Waals surface area contributed by atoms with Gasteiger partial charge in [0.1, 0.15) is 0 Å². The van der Waals surface area contributed by atoms with Gasteiger partial charge in [-0.05, 0) is 18.6 Å². The summed E-state index contributed by atoms with van der Waals surface area (Å²) < 4.78 is 13.3. The lowest BCUT2D eigenvalue weighted by atomic mass is 10.0. The molecule has 122 valence electrons. The summed E-state index contributed by atoms with van der Waals surface area (Å²) in [6, 6.07) is 16.0. The third-order valence-electron chi connectivity index (χ3n) is 4.09. The van der Waals surface area contributed by atoms with Crippen LogP contribution in [0.5, 0.6) is 11.5 Å². The Morgan fingerprint density at radius 3 is 2.75 bits per heavy atom. The number of benzene rings is 2. The molecule has 3 aromatic rings. The molecule has 4 rings (SSSR count). The molecule has 1 N–H and O–H groups in total. The first-order valence-corrected chi connectivity index (χ1v) is 7.99. The highest BCUT2D eigenvalue weighted by Gasteiger charge is 2.23. The number of nitrogens with zero attached hydrogens (tertiary/aromatic N) is 2. The minimum atomic E-state index is 0.144. The van der Waals surface area contributed by atoms with Crippen LogP contribution in [0.25, 0.3) is 22.5 Å². The van der Waals surface area contributed by atoms with Crippen LogP contribution in [0.4, 0.5) is 0 Å². The second-order valence-electron chi connectivity index (χ2n) is 5.62. The molecule has 0 unspecified atom stereocenters. The van der Waals surface area contributed by atoms with Crippen molar-refractivity contribution in [3.05, 3.63) is 54.9 Å². The van der Waals surface area contributed by atoms with Crippen LogP contribution >= 0.6 is 0 Å². The minimum Gasteiger partial charge on any atom is -0.454 e. The Morgan fingerprint density at radius 2 is 1.92 bits per heavy atom. The number of aryl methyl sites for hydroxylation is 1. The summed E-state index contributed by atoms with van der Waals surface area (Å²) in [7, 11) is 0. The number of aromatic nitrogens is 2. The minimum absolute atomic E-state index is 0.144. The Labute approximate surface area is 140 Å². The van der Waals surface area contributed by atoms with Gasteiger partial charge >= 0.3 is 0 Å². The van der Waals surface area contributed by atoms with Gasteiger partial charge in [-0.15, -0.1) is 0 Å². The fourth-order valence-corrected chi connectivity index (χ4v) is 3.00. The quantitative estimate of drug-likeness (QED) is 0.783. The lowest BCUT2D eigenvalue weighted by molar-refractivity contribution is 0.174. The van der Waals surface area contributed by atoms with E-state index >= 15 is 0 Å². The van der Waals surface area contributed by atoms with E-state index in [1.807, 2.05) is 54.9 Å². The number of aliphatic hydroxyl groups excluding tert-OH is 1. The van der Waals surface area contributed by atoms with Gasteiger partial charge in [0.15, 0.2) is 11.5 Å². The van der Waals surface area contributed by atoms with Crippen molar-refractivity contribution < 1.29 is 14.6 Å². The van der Waals surface area contributed by atoms with Gasteiger partial charge in [-0.3, -0.25) is 0 Å². The highest BCUT2D eigenvalue weighted by atomic mass is 16.7. The van der Waals surface area contributed by atoms with Crippen LogP contribution in [0.1, 0.15) is 6.42 Å². The SMILES string of the molecule is OCCCn1cnc(-c2ccccc2)c1-c1cccc2c1OCO2. The van der Waals surface area contributed by atoms with E-state index in [1.54, 1.807) is 0 Å². The monoisotopic (exact) mass is 322 g/mol. The summed E-state index contributed by atoms with van der Waals surface area (Å²) in [6.45, 7) is 1.07. The third-order valence-corrected chi connectivity index (χ3v) is 4.09. The number of fused-ring (bicyclic) bond motifs is 1. The van der Waals surface area contributed by atoms with E-state index in [4.69, 9.17) is 9.47 Å². The molecule has 1 aliphatic rings. The molecule has 5 heteroatoms. The van der Waals surface area contributed by atoms with Crippen molar-refractivity contribution >= 4 is 0 Å². The summed E-state index contributed by atoms with van der Waals surface area (Å²) in [5.74, 6) is 1.50. The molecule has 0 aliphatic carbocycles. The molecule has 0 saturated heterocycles. The van der Waals surface area contributed by atoms with Crippen LogP contribution in [0.3, 0.4) is 0 Å². The molecule has 0 saturated carbocycles. The van der Waals surface area contributed by atoms with E-state index in [0.717, 1.165) is 34.0 Å². The van der Waals surface area contributed by atoms with Crippen molar-refractivity contribution in [1.82, 2.24) is 9.55 Å². The van der Waals surface area contributed by atoms with E-state index in [9.17, 15) is 5.11 Å². The van der Waals surface area contributed by atoms with E-state index < -0.39 is 0 Å². The van der Waals surface area contributed by atoms with Gasteiger partial charge in [0.05, 0.1) is 17.7 Å². The number of ether oxygens (including phenoxy) is 2. The van der Waals surface area contributed by atoms with Crippen LogP contribution in [0, 0.1) is 0 Å². The zero-order valence-corrected chi connectivity index (χ0v) is 13.2. The number of hydrogen-bond acceptors (Lipinski definition) is 4. The summed E-state index contributed by atoms with van der Waals surface area (Å²) >= 11 is 0. The third kappa shape index (κ3) is 2.53. The second kappa shape index (κ2) is 6.37. The highest BCUT2D eigenvalue weighted by molar-refractivity contribution is 5.83. The van der Waals surface area contributed by atoms with E-state index in [0.29, 0.717) is 13.0 Å². The molecule has 24 heavy (non-hydrogen) atoms. The van der Waals surface area contributed by atoms with Crippen LogP contribution in [-0.2, 0) is 6.54 Å². The summed E-state index contributed by atoms with van der Waals surface area (Å²) in [5.41, 5.74) is 3.89. The van der Waals surface area contributed by atoms with Crippen LogP contribution in [0.2, 0.25) is 0 Å². The first kappa shape index (κ1) is 14.8. The number of imidazole rings is 1. The molecule has 0 spiro atoms. The Morgan fingerprint density at radius 1 is 1.04 bits per heavy atom. The zero-order chi connectivity index (χ0) is 16.4. The Hall–Kier alpha value is -2.79. The van der Waals surface area contributed by atoms with E-state index in [1.165, 1.54) is 0 Å². The van der Waals surface area contributed by atoms with Crippen LogP contribution in [-0.4, -0.2) is 28.1 Å². The molecule has 2 heterocycles. The molecule has 0 bridgehead atoms. The van der Waals surface area contributed by atoms with Crippen LogP contribution < -0.4 is 9.47 Å². The molecule has 0 atom stereocenters. The first-order chi connectivity index (χ1) is 11.9. The molecule has 1 aliphatic heterocycles. The fourth-order valence-electron chi connectivity index (χ4n) is 3.00. The smallest absolute Gasteiger partial charge is 0.231 e. The number of rotatable bonds is 5. The topological polar surface area (TPSA) is 56.5 Å². The van der Waals surface area contributed by atoms with Crippen molar-refractivity contribution in [1.29, 1.82) is 0 Å². The number of para-hydroxylation sites is 1. The van der Waals surface area contributed by atoms with E-state index in [2.05, 4.69) is 9.55 Å². The molecule has 2 aromatic carbocycles. The van der Waals surface area contributed by atoms with Gasteiger partial charge in [-0.25, -0.2) is 4.98 Å². The normalized spacial score (nSPS) is 12.5. The lowest BCUT2D eigenvalue weighted by Gasteiger charge is -2.12. The predicted molar refractivity (Wildman–Crippen MR) is 90.9 cm³/mol. The van der Waals surface area contributed by atoms with Gasteiger partial charge in [0.25, 0.3) is 0 Å². The highest BCUT2D eigenvalue weighted by Crippen LogP contribution is 2.44. The molecule has 1 aromatic heterocycles. The van der Waals surface area contributed by atoms with Crippen molar-refractivity contribution in [2.45, 2.75) is 13.0 Å². The zero-order valence-electron chi connectivity index (χ0n) is 13.2. The van der Waals surface area contributed by atoms with E-state index in [-0.39, 0.29) is 13.4 Å². The lowest BCUT2D eigenvalue weighted by Crippen LogP contribution is -2.02. The van der Waals surface area contributed by atoms with Gasteiger partial charge in [0, 0.05) is 24.3 Å². The summed E-state index contributed by atoms with van der Waals surface area (Å²) in [5, 5.41) is 9.19. The maximum Gasteiger partial charge on any atom is 0.231 e. The maximum absolute atomic E-state index is 9.19. The molecule has 0 fully saturated rings. The molecular weight excluding hydrogens is 304 g/mol. The predicted octanol–water partition coefficient (Wildman–Crippen LogP) is 3.33. The summed E-state index contributed by atoms with van der Waals surface area (Å²) in [4.78, 5) is 4.63. The fraction of sp³-hybridized carbons (Fsp3) is 0.211. The first-order valence-electron chi connectivity index (χ1n) is 7.99. The van der Waals surface area contributed by atoms with Crippen molar-refractivity contribution in [3.8, 4) is 34.0 Å². The maximum atomic E-state index is 9.19. The Balaban J connectivity index is 1.89. The largest absolute Gasteiger partial charge is 0.454 e. The molecule has 0 radical (unpaired) electrons. The average molecular weight is 322 g/mol. The molecule has 0 amide bonds. The van der Waals surface area contributed by atoms with Crippen LogP contribution in [0.15, 0.2) is 54.9 Å². The standard InChI is InChI=1S/C19H18N2O3/c22-11-5-10-21-12-20-17(14-6-2-1-3-7-14)18(21)15-8-4-9-16-19(15)24-13-23-16/h1-4,6-9,12,22H,5,10-11,13H2. The van der Waals surface area contributed by atoms with Crippen molar-refractivity contribution in [2.75, 3.05) is 13.4 Å². The summed E-state index contributed by atoms with van der Waals surface area (Å²) in [6.07, 6.45) is 2.49. The van der Waals surface area contributed by atoms with Gasteiger partial charge in [-0.1, -0.05) is 36.4 Å². The second-order valence-corrected chi connectivity index (χ2v) is 5.62. The molecule has 5 nitrogen and oxygen atoms in total. The van der Waals surface area contributed by atoms with Crippen molar-refractivity contribution in [3.63, 3.8) is 0 Å². The van der Waals surface area contributed by atoms with Crippen molar-refractivity contribution in [2.24, 2.45) is 0 Å². The van der Waals surface area contributed by atoms with Gasteiger partial charge < -0.3 is 19.1 Å². The number of hydrogen-bond donors (Lipinski definition) is 1. The Bertz CT molecular complexity index is 843. The average Bonchev–Trinajstić information content (AvgIpc) is 3.27. The van der Waals surface area contributed by atoms with Gasteiger partial charge in [-0.2, -0.15) is 0 Å². The number of aliphatic hydroxyl groups is 1.